The fourth-order valence-corrected chi connectivity index (χ4v) is 2.79. The second kappa shape index (κ2) is 8.52. The van der Waals surface area contributed by atoms with Gasteiger partial charge in [-0.1, -0.05) is 18.2 Å². The number of ether oxygens (including phenoxy) is 1. The Labute approximate surface area is 169 Å². The standard InChI is InChI=1S/C22H22N4O3/c1-13-8-9-20(29-4)18(10-13)25-21(28)19-11-14(2)23-22(26-19)24-17-7-5-6-16(12-17)15(3)27/h5-12H,1-4H3,(H,25,28)(H,23,24,26). The highest BCUT2D eigenvalue weighted by molar-refractivity contribution is 6.04. The van der Waals surface area contributed by atoms with Crippen LogP contribution in [-0.4, -0.2) is 28.8 Å². The van der Waals surface area contributed by atoms with Gasteiger partial charge in [-0.2, -0.15) is 0 Å². The molecule has 0 aliphatic carbocycles. The van der Waals surface area contributed by atoms with E-state index in [2.05, 4.69) is 20.6 Å². The van der Waals surface area contributed by atoms with Crippen molar-refractivity contribution in [1.82, 2.24) is 9.97 Å². The number of hydrogen-bond donors (Lipinski definition) is 2. The van der Waals surface area contributed by atoms with Gasteiger partial charge < -0.3 is 15.4 Å². The zero-order valence-corrected chi connectivity index (χ0v) is 16.7. The highest BCUT2D eigenvalue weighted by Crippen LogP contribution is 2.26. The summed E-state index contributed by atoms with van der Waals surface area (Å²) in [5.41, 5.74) is 3.64. The molecule has 0 saturated heterocycles. The van der Waals surface area contributed by atoms with Crippen molar-refractivity contribution in [2.24, 2.45) is 0 Å². The Balaban J connectivity index is 1.85. The Hall–Kier alpha value is -3.74. The summed E-state index contributed by atoms with van der Waals surface area (Å²) in [5.74, 6) is 0.423. The lowest BCUT2D eigenvalue weighted by Gasteiger charge is -2.12. The number of methoxy groups -OCH3 is 1. The second-order valence-electron chi connectivity index (χ2n) is 6.64. The molecule has 29 heavy (non-hydrogen) atoms. The van der Waals surface area contributed by atoms with Crippen molar-refractivity contribution in [2.75, 3.05) is 17.7 Å². The van der Waals surface area contributed by atoms with E-state index in [1.807, 2.05) is 19.1 Å². The molecule has 1 heterocycles. The predicted molar refractivity (Wildman–Crippen MR) is 112 cm³/mol. The minimum Gasteiger partial charge on any atom is -0.495 e. The Morgan fingerprint density at radius 3 is 2.52 bits per heavy atom. The van der Waals surface area contributed by atoms with Gasteiger partial charge in [0, 0.05) is 16.9 Å². The molecule has 0 spiro atoms. The number of hydrogen-bond acceptors (Lipinski definition) is 6. The summed E-state index contributed by atoms with van der Waals surface area (Å²) >= 11 is 0. The molecule has 7 heteroatoms. The minimum absolute atomic E-state index is 0.0361. The van der Waals surface area contributed by atoms with Crippen LogP contribution in [0.5, 0.6) is 5.75 Å². The Bertz CT molecular complexity index is 1080. The summed E-state index contributed by atoms with van der Waals surface area (Å²) < 4.78 is 5.31. The number of Topliss-reactive ketones (excluding diaryl/α,β-unsaturated/α-hetero) is 1. The van der Waals surface area contributed by atoms with Crippen molar-refractivity contribution in [3.05, 3.63) is 71.0 Å². The number of aryl methyl sites for hydroxylation is 2. The number of nitrogens with one attached hydrogen (secondary N) is 2. The van der Waals surface area contributed by atoms with Crippen molar-refractivity contribution < 1.29 is 14.3 Å². The molecule has 0 fully saturated rings. The first-order valence-corrected chi connectivity index (χ1v) is 9.05. The van der Waals surface area contributed by atoms with Crippen LogP contribution in [0.4, 0.5) is 17.3 Å². The van der Waals surface area contributed by atoms with Gasteiger partial charge in [0.2, 0.25) is 5.95 Å². The van der Waals surface area contributed by atoms with E-state index in [4.69, 9.17) is 4.74 Å². The molecule has 0 atom stereocenters. The van der Waals surface area contributed by atoms with E-state index in [1.165, 1.54) is 6.92 Å². The SMILES string of the molecule is COc1ccc(C)cc1NC(=O)c1cc(C)nc(Nc2cccc(C(C)=O)c2)n1. The highest BCUT2D eigenvalue weighted by Gasteiger charge is 2.14. The zero-order chi connectivity index (χ0) is 21.0. The zero-order valence-electron chi connectivity index (χ0n) is 16.7. The molecule has 148 valence electrons. The lowest BCUT2D eigenvalue weighted by atomic mass is 10.1. The van der Waals surface area contributed by atoms with Crippen molar-refractivity contribution >= 4 is 29.0 Å². The molecule has 1 amide bonds. The Kier molecular flexibility index (Phi) is 5.87. The van der Waals surface area contributed by atoms with Crippen LogP contribution in [0.25, 0.3) is 0 Å². The fraction of sp³-hybridized carbons (Fsp3) is 0.182. The number of carbonyl (C=O) groups is 2. The van der Waals surface area contributed by atoms with Crippen LogP contribution >= 0.6 is 0 Å². The third-order valence-corrected chi connectivity index (χ3v) is 4.22. The number of rotatable bonds is 6. The molecular weight excluding hydrogens is 368 g/mol. The van der Waals surface area contributed by atoms with Gasteiger partial charge in [0.1, 0.15) is 11.4 Å². The summed E-state index contributed by atoms with van der Waals surface area (Å²) in [4.78, 5) is 33.0. The summed E-state index contributed by atoms with van der Waals surface area (Å²) in [6.45, 7) is 5.22. The topological polar surface area (TPSA) is 93.2 Å². The number of benzene rings is 2. The number of ketones is 1. The van der Waals surface area contributed by atoms with Gasteiger partial charge in [-0.25, -0.2) is 9.97 Å². The number of carbonyl (C=O) groups excluding carboxylic acids is 2. The molecule has 0 radical (unpaired) electrons. The van der Waals surface area contributed by atoms with Crippen LogP contribution in [0.3, 0.4) is 0 Å². The van der Waals surface area contributed by atoms with E-state index in [-0.39, 0.29) is 23.3 Å². The third-order valence-electron chi connectivity index (χ3n) is 4.22. The largest absolute Gasteiger partial charge is 0.495 e. The highest BCUT2D eigenvalue weighted by atomic mass is 16.5. The van der Waals surface area contributed by atoms with Crippen LogP contribution in [0.15, 0.2) is 48.5 Å². The van der Waals surface area contributed by atoms with E-state index in [0.717, 1.165) is 5.56 Å². The molecule has 1 aromatic heterocycles. The molecule has 0 aliphatic heterocycles. The predicted octanol–water partition coefficient (Wildman–Crippen LogP) is 4.30. The van der Waals surface area contributed by atoms with Crippen molar-refractivity contribution in [3.8, 4) is 5.75 Å². The molecule has 3 rings (SSSR count). The van der Waals surface area contributed by atoms with Gasteiger partial charge in [-0.05, 0) is 56.7 Å². The first-order valence-electron chi connectivity index (χ1n) is 9.05. The number of nitrogens with zero attached hydrogens (tertiary/aromatic N) is 2. The lowest BCUT2D eigenvalue weighted by Crippen LogP contribution is -2.16. The average Bonchev–Trinajstić information content (AvgIpc) is 2.68. The van der Waals surface area contributed by atoms with Gasteiger partial charge in [-0.15, -0.1) is 0 Å². The molecule has 7 nitrogen and oxygen atoms in total. The summed E-state index contributed by atoms with van der Waals surface area (Å²) in [7, 11) is 1.55. The summed E-state index contributed by atoms with van der Waals surface area (Å²) in [5, 5.41) is 5.89. The van der Waals surface area contributed by atoms with Crippen LogP contribution < -0.4 is 15.4 Å². The molecule has 2 N–H and O–H groups in total. The Morgan fingerprint density at radius 1 is 1.00 bits per heavy atom. The maximum absolute atomic E-state index is 12.8. The van der Waals surface area contributed by atoms with Crippen LogP contribution in [0, 0.1) is 13.8 Å². The van der Waals surface area contributed by atoms with Crippen LogP contribution in [0.2, 0.25) is 0 Å². The van der Waals surface area contributed by atoms with E-state index < -0.39 is 0 Å². The van der Waals surface area contributed by atoms with Crippen LogP contribution in [-0.2, 0) is 0 Å². The molecule has 0 saturated carbocycles. The number of amides is 1. The smallest absolute Gasteiger partial charge is 0.274 e. The van der Waals surface area contributed by atoms with Gasteiger partial charge in [-0.3, -0.25) is 9.59 Å². The van der Waals surface area contributed by atoms with Crippen molar-refractivity contribution in [2.45, 2.75) is 20.8 Å². The number of anilines is 3. The number of aromatic nitrogens is 2. The Morgan fingerprint density at radius 2 is 1.79 bits per heavy atom. The van der Waals surface area contributed by atoms with E-state index >= 15 is 0 Å². The summed E-state index contributed by atoms with van der Waals surface area (Å²) in [6, 6.07) is 14.2. The van der Waals surface area contributed by atoms with Crippen molar-refractivity contribution in [1.29, 1.82) is 0 Å². The van der Waals surface area contributed by atoms with Gasteiger partial charge in [0.05, 0.1) is 12.8 Å². The first kappa shape index (κ1) is 20.0. The molecule has 0 bridgehead atoms. The van der Waals surface area contributed by atoms with Crippen molar-refractivity contribution in [3.63, 3.8) is 0 Å². The first-order chi connectivity index (χ1) is 13.9. The maximum Gasteiger partial charge on any atom is 0.274 e. The molecular formula is C22H22N4O3. The van der Waals surface area contributed by atoms with E-state index in [1.54, 1.807) is 50.4 Å². The van der Waals surface area contributed by atoms with E-state index in [9.17, 15) is 9.59 Å². The van der Waals surface area contributed by atoms with Gasteiger partial charge in [0.15, 0.2) is 5.78 Å². The van der Waals surface area contributed by atoms with E-state index in [0.29, 0.717) is 28.4 Å². The third kappa shape index (κ3) is 4.95. The lowest BCUT2D eigenvalue weighted by molar-refractivity contribution is 0.101. The molecule has 2 aromatic carbocycles. The quantitative estimate of drug-likeness (QED) is 0.610. The molecule has 3 aromatic rings. The van der Waals surface area contributed by atoms with Gasteiger partial charge >= 0.3 is 0 Å². The second-order valence-corrected chi connectivity index (χ2v) is 6.64. The maximum atomic E-state index is 12.8. The minimum atomic E-state index is -0.375. The average molecular weight is 390 g/mol. The van der Waals surface area contributed by atoms with Crippen LogP contribution in [0.1, 0.15) is 39.0 Å². The van der Waals surface area contributed by atoms with Gasteiger partial charge in [0.25, 0.3) is 5.91 Å². The molecule has 0 aliphatic rings. The normalized spacial score (nSPS) is 10.3. The summed E-state index contributed by atoms with van der Waals surface area (Å²) in [6.07, 6.45) is 0. The fourth-order valence-electron chi connectivity index (χ4n) is 2.79. The monoisotopic (exact) mass is 390 g/mol. The molecule has 0 unspecified atom stereocenters.